The summed E-state index contributed by atoms with van der Waals surface area (Å²) >= 11 is 0. The summed E-state index contributed by atoms with van der Waals surface area (Å²) in [6, 6.07) is 14.9. The quantitative estimate of drug-likeness (QED) is 0.796. The zero-order valence-electron chi connectivity index (χ0n) is 18.4. The molecule has 2 unspecified atom stereocenters. The Morgan fingerprint density at radius 3 is 2.53 bits per heavy atom. The van der Waals surface area contributed by atoms with Crippen molar-refractivity contribution in [2.45, 2.75) is 51.1 Å². The Kier molecular flexibility index (Phi) is 5.68. The Balaban J connectivity index is 1.54. The molecule has 6 heteroatoms. The van der Waals surface area contributed by atoms with Crippen LogP contribution >= 0.6 is 0 Å². The first-order chi connectivity index (χ1) is 15.6. The molecule has 2 aromatic carbocycles. The summed E-state index contributed by atoms with van der Waals surface area (Å²) in [6.07, 6.45) is 5.48. The van der Waals surface area contributed by atoms with Crippen molar-refractivity contribution in [2.75, 3.05) is 13.2 Å². The normalized spacial score (nSPS) is 21.7. The highest BCUT2D eigenvalue weighted by Gasteiger charge is 2.41. The first-order valence-corrected chi connectivity index (χ1v) is 11.6. The molecule has 1 N–H and O–H groups in total. The van der Waals surface area contributed by atoms with Crippen molar-refractivity contribution in [3.8, 4) is 0 Å². The zero-order valence-corrected chi connectivity index (χ0v) is 18.4. The minimum atomic E-state index is -0.696. The Morgan fingerprint density at radius 1 is 1.06 bits per heavy atom. The lowest BCUT2D eigenvalue weighted by molar-refractivity contribution is -0.127. The number of nitrogens with zero attached hydrogens (tertiary/aromatic N) is 2. The van der Waals surface area contributed by atoms with E-state index in [0.717, 1.165) is 48.1 Å². The van der Waals surface area contributed by atoms with Crippen LogP contribution < -0.4 is 5.32 Å². The molecule has 2 heterocycles. The zero-order chi connectivity index (χ0) is 22.1. The minimum absolute atomic E-state index is 0.0574. The lowest BCUT2D eigenvalue weighted by Gasteiger charge is -2.33. The second-order valence-corrected chi connectivity index (χ2v) is 9.13. The number of nitrogens with one attached hydrogen (secondary N) is 1. The van der Waals surface area contributed by atoms with E-state index in [1.54, 1.807) is 4.90 Å². The summed E-state index contributed by atoms with van der Waals surface area (Å²) in [6.45, 7) is 2.83. The van der Waals surface area contributed by atoms with Crippen molar-refractivity contribution in [3.05, 3.63) is 70.8 Å². The van der Waals surface area contributed by atoms with Crippen molar-refractivity contribution in [2.24, 2.45) is 11.1 Å². The molecule has 3 aliphatic rings. The van der Waals surface area contributed by atoms with Gasteiger partial charge in [-0.25, -0.2) is 0 Å². The lowest BCUT2D eigenvalue weighted by Crippen LogP contribution is -2.48. The molecule has 2 amide bonds. The molecule has 2 atom stereocenters. The molecule has 0 radical (unpaired) electrons. The van der Waals surface area contributed by atoms with Crippen molar-refractivity contribution >= 4 is 17.5 Å². The van der Waals surface area contributed by atoms with Gasteiger partial charge in [0, 0.05) is 23.7 Å². The first kappa shape index (κ1) is 20.7. The van der Waals surface area contributed by atoms with Crippen LogP contribution in [0.5, 0.6) is 0 Å². The Labute approximate surface area is 188 Å². The van der Waals surface area contributed by atoms with Gasteiger partial charge in [-0.15, -0.1) is 0 Å². The van der Waals surface area contributed by atoms with Crippen LogP contribution in [0.25, 0.3) is 0 Å². The maximum Gasteiger partial charge on any atom is 0.255 e. The van der Waals surface area contributed by atoms with Crippen LogP contribution in [0, 0.1) is 12.8 Å². The molecule has 2 aliphatic heterocycles. The molecule has 166 valence electrons. The second kappa shape index (κ2) is 8.77. The summed E-state index contributed by atoms with van der Waals surface area (Å²) in [5.41, 5.74) is 4.12. The van der Waals surface area contributed by atoms with Gasteiger partial charge in [0.2, 0.25) is 5.91 Å². The van der Waals surface area contributed by atoms with Gasteiger partial charge >= 0.3 is 0 Å². The molecular weight excluding hydrogens is 402 g/mol. The number of hydrogen-bond acceptors (Lipinski definition) is 4. The van der Waals surface area contributed by atoms with E-state index in [1.165, 1.54) is 6.42 Å². The van der Waals surface area contributed by atoms with Gasteiger partial charge in [0.05, 0.1) is 11.6 Å². The summed E-state index contributed by atoms with van der Waals surface area (Å²) < 4.78 is 0. The van der Waals surface area contributed by atoms with Crippen LogP contribution in [-0.4, -0.2) is 41.6 Å². The third-order valence-electron chi connectivity index (χ3n) is 6.84. The Hall–Kier alpha value is -3.15. The molecule has 1 fully saturated rings. The third kappa shape index (κ3) is 3.90. The Bertz CT molecular complexity index is 1040. The number of carbonyl (C=O) groups is 2. The first-order valence-electron chi connectivity index (χ1n) is 11.6. The number of hydrogen-bond donors (Lipinski definition) is 1. The molecule has 32 heavy (non-hydrogen) atoms. The van der Waals surface area contributed by atoms with E-state index < -0.39 is 6.04 Å². The molecule has 0 saturated heterocycles. The van der Waals surface area contributed by atoms with E-state index in [1.807, 2.05) is 55.5 Å². The van der Waals surface area contributed by atoms with Crippen LogP contribution in [0.15, 0.2) is 53.7 Å². The maximum absolute atomic E-state index is 13.8. The van der Waals surface area contributed by atoms with Crippen molar-refractivity contribution in [3.63, 3.8) is 0 Å². The van der Waals surface area contributed by atoms with E-state index >= 15 is 0 Å². The van der Waals surface area contributed by atoms with Crippen LogP contribution in [-0.2, 0) is 9.63 Å². The summed E-state index contributed by atoms with van der Waals surface area (Å²) in [5, 5.41) is 7.51. The number of rotatable bonds is 4. The van der Waals surface area contributed by atoms with E-state index in [4.69, 9.17) is 4.84 Å². The largest absolute Gasteiger partial charge is 0.395 e. The van der Waals surface area contributed by atoms with E-state index in [-0.39, 0.29) is 23.8 Å². The average Bonchev–Trinajstić information content (AvgIpc) is 3.24. The van der Waals surface area contributed by atoms with Gasteiger partial charge in [0.1, 0.15) is 12.6 Å². The topological polar surface area (TPSA) is 71.0 Å². The molecular formula is C26H29N3O3. The summed E-state index contributed by atoms with van der Waals surface area (Å²) in [5.74, 6) is -0.300. The monoisotopic (exact) mass is 431 g/mol. The fraction of sp³-hybridized carbons (Fsp3) is 0.423. The maximum atomic E-state index is 13.8. The molecule has 0 aromatic heterocycles. The second-order valence-electron chi connectivity index (χ2n) is 9.13. The van der Waals surface area contributed by atoms with Gasteiger partial charge in [0.25, 0.3) is 5.91 Å². The van der Waals surface area contributed by atoms with Crippen LogP contribution in [0.1, 0.15) is 65.2 Å². The molecule has 5 rings (SSSR count). The van der Waals surface area contributed by atoms with Crippen LogP contribution in [0.3, 0.4) is 0 Å². The van der Waals surface area contributed by atoms with Crippen molar-refractivity contribution in [1.29, 1.82) is 0 Å². The van der Waals surface area contributed by atoms with Gasteiger partial charge in [-0.05, 0) is 31.4 Å². The van der Waals surface area contributed by atoms with Crippen molar-refractivity contribution < 1.29 is 14.4 Å². The molecule has 6 nitrogen and oxygen atoms in total. The number of oxime groups is 1. The molecule has 0 spiro atoms. The van der Waals surface area contributed by atoms with Gasteiger partial charge in [-0.3, -0.25) is 9.59 Å². The smallest absolute Gasteiger partial charge is 0.255 e. The highest BCUT2D eigenvalue weighted by Crippen LogP contribution is 2.32. The molecule has 1 aliphatic carbocycles. The van der Waals surface area contributed by atoms with Gasteiger partial charge < -0.3 is 15.1 Å². The van der Waals surface area contributed by atoms with Crippen molar-refractivity contribution in [1.82, 2.24) is 10.2 Å². The summed E-state index contributed by atoms with van der Waals surface area (Å²) in [7, 11) is 0. The summed E-state index contributed by atoms with van der Waals surface area (Å²) in [4.78, 5) is 34.6. The minimum Gasteiger partial charge on any atom is -0.395 e. The predicted octanol–water partition coefficient (Wildman–Crippen LogP) is 3.99. The lowest BCUT2D eigenvalue weighted by atomic mass is 9.94. The highest BCUT2D eigenvalue weighted by atomic mass is 16.6. The fourth-order valence-electron chi connectivity index (χ4n) is 5.10. The number of amides is 2. The van der Waals surface area contributed by atoms with E-state index in [0.29, 0.717) is 18.7 Å². The van der Waals surface area contributed by atoms with Crippen LogP contribution in [0.2, 0.25) is 0 Å². The standard InChI is InChI=1S/C26H29N3O3/c1-17-11-13-18(14-12-17)24(25(30)27-20-7-3-2-4-8-20)29-15-19-16-32-28-23(19)21-9-5-6-10-22(21)26(29)31/h5-6,9-14,19-20,24H,2-4,7-8,15-16H2,1H3,(H,27,30). The molecule has 0 bridgehead atoms. The number of benzene rings is 2. The van der Waals surface area contributed by atoms with Gasteiger partial charge in [0.15, 0.2) is 0 Å². The Morgan fingerprint density at radius 2 is 1.78 bits per heavy atom. The number of aryl methyl sites for hydroxylation is 1. The predicted molar refractivity (Wildman–Crippen MR) is 122 cm³/mol. The van der Waals surface area contributed by atoms with E-state index in [2.05, 4.69) is 10.5 Å². The highest BCUT2D eigenvalue weighted by molar-refractivity contribution is 6.13. The fourth-order valence-corrected chi connectivity index (χ4v) is 5.10. The molecule has 1 saturated carbocycles. The van der Waals surface area contributed by atoms with E-state index in [9.17, 15) is 9.59 Å². The van der Waals surface area contributed by atoms with Gasteiger partial charge in [-0.2, -0.15) is 0 Å². The van der Waals surface area contributed by atoms with Gasteiger partial charge in [-0.1, -0.05) is 72.4 Å². The number of carbonyl (C=O) groups excluding carboxylic acids is 2. The molecule has 2 aromatic rings. The van der Waals surface area contributed by atoms with Crippen LogP contribution in [0.4, 0.5) is 0 Å². The third-order valence-corrected chi connectivity index (χ3v) is 6.84. The average molecular weight is 432 g/mol. The SMILES string of the molecule is Cc1ccc(C(C(=O)NC2CCCCC2)N2CC3CON=C3c3ccccc3C2=O)cc1. The number of fused-ring (bicyclic) bond motifs is 3.